The van der Waals surface area contributed by atoms with Crippen LogP contribution in [0.25, 0.3) is 0 Å². The Morgan fingerprint density at radius 2 is 1.69 bits per heavy atom. The molecule has 5 heteroatoms. The van der Waals surface area contributed by atoms with Crippen LogP contribution < -0.4 is 0 Å². The van der Waals surface area contributed by atoms with E-state index in [4.69, 9.17) is 0 Å². The number of aliphatic hydroxyl groups is 1. The van der Waals surface area contributed by atoms with E-state index in [1.165, 1.54) is 0 Å². The summed E-state index contributed by atoms with van der Waals surface area (Å²) in [5.74, 6) is 0.0669. The van der Waals surface area contributed by atoms with E-state index in [0.29, 0.717) is 25.2 Å². The summed E-state index contributed by atoms with van der Waals surface area (Å²) < 4.78 is 0. The van der Waals surface area contributed by atoms with Crippen molar-refractivity contribution in [3.63, 3.8) is 0 Å². The maximum Gasteiger partial charge on any atom is 0.254 e. The molecule has 2 aliphatic heterocycles. The third kappa shape index (κ3) is 3.92. The molecular formula is C24H28N2O3. The predicted molar refractivity (Wildman–Crippen MR) is 112 cm³/mol. The third-order valence-corrected chi connectivity index (χ3v) is 6.48. The molecule has 2 heterocycles. The first-order valence-corrected chi connectivity index (χ1v) is 10.3. The molecule has 1 spiro atoms. The van der Waals surface area contributed by atoms with Gasteiger partial charge in [-0.3, -0.25) is 9.59 Å². The molecule has 0 aromatic heterocycles. The lowest BCUT2D eigenvalue weighted by Gasteiger charge is -2.39. The van der Waals surface area contributed by atoms with Gasteiger partial charge in [0.2, 0.25) is 0 Å². The Bertz CT molecular complexity index is 888. The average molecular weight is 392 g/mol. The minimum absolute atomic E-state index is 0.0127. The monoisotopic (exact) mass is 392 g/mol. The molecule has 152 valence electrons. The van der Waals surface area contributed by atoms with E-state index in [-0.39, 0.29) is 29.9 Å². The lowest BCUT2D eigenvalue weighted by molar-refractivity contribution is 0.0559. The van der Waals surface area contributed by atoms with Gasteiger partial charge in [-0.15, -0.1) is 0 Å². The average Bonchev–Trinajstić information content (AvgIpc) is 3.12. The van der Waals surface area contributed by atoms with Crippen LogP contribution in [0.15, 0.2) is 54.6 Å². The number of carbonyl (C=O) groups is 2. The van der Waals surface area contributed by atoms with Gasteiger partial charge in [0.15, 0.2) is 0 Å². The van der Waals surface area contributed by atoms with Crippen molar-refractivity contribution >= 4 is 11.8 Å². The second kappa shape index (κ2) is 7.99. The number of aryl methyl sites for hydroxylation is 1. The molecule has 2 aromatic carbocycles. The maximum absolute atomic E-state index is 13.0. The highest BCUT2D eigenvalue weighted by molar-refractivity contribution is 5.95. The van der Waals surface area contributed by atoms with Crippen LogP contribution in [0.5, 0.6) is 0 Å². The third-order valence-electron chi connectivity index (χ3n) is 6.48. The summed E-state index contributed by atoms with van der Waals surface area (Å²) in [4.78, 5) is 29.6. The highest BCUT2D eigenvalue weighted by Crippen LogP contribution is 2.44. The topological polar surface area (TPSA) is 60.9 Å². The molecule has 4 rings (SSSR count). The van der Waals surface area contributed by atoms with Crippen LogP contribution in [-0.2, 0) is 0 Å². The number of aliphatic hydroxyl groups excluding tert-OH is 1. The molecule has 0 bridgehead atoms. The van der Waals surface area contributed by atoms with Crippen LogP contribution in [0.2, 0.25) is 0 Å². The zero-order valence-corrected chi connectivity index (χ0v) is 16.9. The molecular weight excluding hydrogens is 364 g/mol. The van der Waals surface area contributed by atoms with Crippen molar-refractivity contribution in [2.45, 2.75) is 32.2 Å². The Hall–Kier alpha value is -2.66. The second-order valence-electron chi connectivity index (χ2n) is 8.50. The lowest BCUT2D eigenvalue weighted by Crippen LogP contribution is -2.44. The summed E-state index contributed by atoms with van der Waals surface area (Å²) in [6.45, 7) is 4.01. The molecule has 2 fully saturated rings. The Morgan fingerprint density at radius 1 is 1.00 bits per heavy atom. The fourth-order valence-electron chi connectivity index (χ4n) is 4.82. The Kier molecular flexibility index (Phi) is 5.41. The van der Waals surface area contributed by atoms with Crippen LogP contribution >= 0.6 is 0 Å². The maximum atomic E-state index is 13.0. The predicted octanol–water partition coefficient (Wildman–Crippen LogP) is 3.12. The molecule has 2 amide bonds. The van der Waals surface area contributed by atoms with Gasteiger partial charge in [0.1, 0.15) is 0 Å². The Morgan fingerprint density at radius 3 is 2.34 bits per heavy atom. The molecule has 1 N–H and O–H groups in total. The summed E-state index contributed by atoms with van der Waals surface area (Å²) in [6, 6.07) is 16.8. The van der Waals surface area contributed by atoms with Crippen molar-refractivity contribution in [2.24, 2.45) is 5.41 Å². The van der Waals surface area contributed by atoms with Crippen molar-refractivity contribution in [2.75, 3.05) is 26.2 Å². The normalized spacial score (nSPS) is 20.8. The fraction of sp³-hybridized carbons (Fsp3) is 0.417. The van der Waals surface area contributed by atoms with Gasteiger partial charge in [0, 0.05) is 30.8 Å². The molecule has 5 nitrogen and oxygen atoms in total. The van der Waals surface area contributed by atoms with Gasteiger partial charge in [-0.1, -0.05) is 35.9 Å². The van der Waals surface area contributed by atoms with Crippen LogP contribution in [0.4, 0.5) is 0 Å². The number of hydrogen-bond donors (Lipinski definition) is 1. The first kappa shape index (κ1) is 19.6. The molecule has 1 unspecified atom stereocenters. The van der Waals surface area contributed by atoms with Gasteiger partial charge >= 0.3 is 0 Å². The fourth-order valence-corrected chi connectivity index (χ4v) is 4.82. The first-order chi connectivity index (χ1) is 14.0. The van der Waals surface area contributed by atoms with Gasteiger partial charge in [-0.05, 0) is 55.9 Å². The number of rotatable bonds is 3. The minimum atomic E-state index is -0.151. The Labute approximate surface area is 171 Å². The van der Waals surface area contributed by atoms with Crippen molar-refractivity contribution < 1.29 is 14.7 Å². The summed E-state index contributed by atoms with van der Waals surface area (Å²) in [6.07, 6.45) is 2.52. The number of likely N-dealkylation sites (tertiary alicyclic amines) is 2. The van der Waals surface area contributed by atoms with E-state index in [1.807, 2.05) is 71.3 Å². The van der Waals surface area contributed by atoms with Gasteiger partial charge in [0.25, 0.3) is 11.8 Å². The molecule has 29 heavy (non-hydrogen) atoms. The standard InChI is InChI=1S/C24H28N2O3/c1-18-6-5-9-20(14-18)22(28)25-12-10-24(11-13-25)15-21(16-27)26(17-24)23(29)19-7-3-2-4-8-19/h2-9,14,21,27H,10-13,15-17H2,1H3. The van der Waals surface area contributed by atoms with E-state index in [1.54, 1.807) is 0 Å². The van der Waals surface area contributed by atoms with E-state index in [0.717, 1.165) is 30.4 Å². The van der Waals surface area contributed by atoms with Crippen molar-refractivity contribution in [3.8, 4) is 0 Å². The van der Waals surface area contributed by atoms with Gasteiger partial charge in [-0.2, -0.15) is 0 Å². The first-order valence-electron chi connectivity index (χ1n) is 10.3. The summed E-state index contributed by atoms with van der Waals surface area (Å²) in [5, 5.41) is 9.90. The SMILES string of the molecule is Cc1cccc(C(=O)N2CCC3(CC2)CC(CO)N(C(=O)c2ccccc2)C3)c1. The highest BCUT2D eigenvalue weighted by atomic mass is 16.3. The van der Waals surface area contributed by atoms with Crippen LogP contribution in [0.3, 0.4) is 0 Å². The van der Waals surface area contributed by atoms with Gasteiger partial charge < -0.3 is 14.9 Å². The molecule has 0 radical (unpaired) electrons. The minimum Gasteiger partial charge on any atom is -0.394 e. The summed E-state index contributed by atoms with van der Waals surface area (Å²) in [7, 11) is 0. The number of hydrogen-bond acceptors (Lipinski definition) is 3. The number of benzene rings is 2. The van der Waals surface area contributed by atoms with Crippen LogP contribution in [0.1, 0.15) is 45.5 Å². The summed E-state index contributed by atoms with van der Waals surface area (Å²) in [5.41, 5.74) is 2.47. The highest BCUT2D eigenvalue weighted by Gasteiger charge is 2.47. The van der Waals surface area contributed by atoms with Crippen molar-refractivity contribution in [1.82, 2.24) is 9.80 Å². The number of carbonyl (C=O) groups excluding carboxylic acids is 2. The Balaban J connectivity index is 1.44. The quantitative estimate of drug-likeness (QED) is 0.873. The van der Waals surface area contributed by atoms with Crippen molar-refractivity contribution in [3.05, 3.63) is 71.3 Å². The van der Waals surface area contributed by atoms with E-state index in [2.05, 4.69) is 0 Å². The largest absolute Gasteiger partial charge is 0.394 e. The van der Waals surface area contributed by atoms with Crippen LogP contribution in [-0.4, -0.2) is 59.0 Å². The van der Waals surface area contributed by atoms with E-state index >= 15 is 0 Å². The number of piperidine rings is 1. The number of nitrogens with zero attached hydrogens (tertiary/aromatic N) is 2. The molecule has 0 aliphatic carbocycles. The summed E-state index contributed by atoms with van der Waals surface area (Å²) >= 11 is 0. The number of amides is 2. The van der Waals surface area contributed by atoms with Crippen LogP contribution in [0, 0.1) is 12.3 Å². The van der Waals surface area contributed by atoms with E-state index in [9.17, 15) is 14.7 Å². The van der Waals surface area contributed by atoms with Gasteiger partial charge in [-0.25, -0.2) is 0 Å². The lowest BCUT2D eigenvalue weighted by atomic mass is 9.76. The second-order valence-corrected chi connectivity index (χ2v) is 8.50. The zero-order valence-electron chi connectivity index (χ0n) is 16.9. The van der Waals surface area contributed by atoms with Gasteiger partial charge in [0.05, 0.1) is 12.6 Å². The molecule has 2 saturated heterocycles. The molecule has 0 saturated carbocycles. The zero-order chi connectivity index (χ0) is 20.4. The molecule has 2 aliphatic rings. The molecule has 2 aromatic rings. The van der Waals surface area contributed by atoms with Crippen molar-refractivity contribution in [1.29, 1.82) is 0 Å². The smallest absolute Gasteiger partial charge is 0.254 e. The molecule has 1 atom stereocenters. The van der Waals surface area contributed by atoms with E-state index < -0.39 is 0 Å².